The minimum Gasteiger partial charge on any atom is -0.352 e. The predicted molar refractivity (Wildman–Crippen MR) is 112 cm³/mol. The summed E-state index contributed by atoms with van der Waals surface area (Å²) in [6, 6.07) is 10.6. The number of likely N-dealkylation sites (tertiary alicyclic amines) is 2. The summed E-state index contributed by atoms with van der Waals surface area (Å²) >= 11 is 0. The highest BCUT2D eigenvalue weighted by molar-refractivity contribution is 5.79. The molecule has 5 heteroatoms. The second-order valence-corrected chi connectivity index (χ2v) is 8.75. The minimum atomic E-state index is 0.0815. The van der Waals surface area contributed by atoms with Crippen LogP contribution in [0.15, 0.2) is 30.3 Å². The molecule has 154 valence electrons. The third-order valence-electron chi connectivity index (χ3n) is 6.05. The van der Waals surface area contributed by atoms with Gasteiger partial charge in [0.1, 0.15) is 0 Å². The Balaban J connectivity index is 1.44. The second kappa shape index (κ2) is 10.1. The van der Waals surface area contributed by atoms with Crippen LogP contribution in [0, 0.1) is 11.8 Å². The molecule has 5 nitrogen and oxygen atoms in total. The van der Waals surface area contributed by atoms with Gasteiger partial charge in [-0.1, -0.05) is 44.2 Å². The van der Waals surface area contributed by atoms with Gasteiger partial charge >= 0.3 is 0 Å². The Morgan fingerprint density at radius 1 is 1.07 bits per heavy atom. The molecular weight excluding hydrogens is 350 g/mol. The van der Waals surface area contributed by atoms with Crippen LogP contribution in [-0.4, -0.2) is 53.8 Å². The maximum absolute atomic E-state index is 12.7. The molecule has 3 rings (SSSR count). The fourth-order valence-corrected chi connectivity index (χ4v) is 4.44. The Morgan fingerprint density at radius 2 is 1.79 bits per heavy atom. The van der Waals surface area contributed by atoms with Crippen molar-refractivity contribution in [3.8, 4) is 0 Å². The summed E-state index contributed by atoms with van der Waals surface area (Å²) in [5.74, 6) is 0.976. The van der Waals surface area contributed by atoms with E-state index in [1.807, 2.05) is 35.2 Å². The fraction of sp³-hybridized carbons (Fsp3) is 0.652. The van der Waals surface area contributed by atoms with Crippen molar-refractivity contribution in [2.24, 2.45) is 11.8 Å². The molecule has 2 heterocycles. The highest BCUT2D eigenvalue weighted by Gasteiger charge is 2.32. The Hall–Kier alpha value is -1.88. The first kappa shape index (κ1) is 20.8. The molecule has 0 spiro atoms. The maximum Gasteiger partial charge on any atom is 0.224 e. The summed E-state index contributed by atoms with van der Waals surface area (Å²) in [4.78, 5) is 29.5. The van der Waals surface area contributed by atoms with Crippen molar-refractivity contribution in [3.05, 3.63) is 35.9 Å². The third-order valence-corrected chi connectivity index (χ3v) is 6.05. The first-order chi connectivity index (χ1) is 13.5. The van der Waals surface area contributed by atoms with E-state index in [4.69, 9.17) is 0 Å². The van der Waals surface area contributed by atoms with Crippen molar-refractivity contribution in [2.75, 3.05) is 26.2 Å². The van der Waals surface area contributed by atoms with E-state index in [-0.39, 0.29) is 11.8 Å². The summed E-state index contributed by atoms with van der Waals surface area (Å²) in [7, 11) is 0. The van der Waals surface area contributed by atoms with Crippen LogP contribution in [0.1, 0.15) is 51.5 Å². The molecule has 1 aromatic carbocycles. The van der Waals surface area contributed by atoms with Gasteiger partial charge in [-0.05, 0) is 43.7 Å². The van der Waals surface area contributed by atoms with E-state index >= 15 is 0 Å². The summed E-state index contributed by atoms with van der Waals surface area (Å²) in [5.41, 5.74) is 1.14. The van der Waals surface area contributed by atoms with Gasteiger partial charge in [0.15, 0.2) is 0 Å². The van der Waals surface area contributed by atoms with Crippen molar-refractivity contribution < 1.29 is 9.59 Å². The summed E-state index contributed by atoms with van der Waals surface area (Å²) < 4.78 is 0. The second-order valence-electron chi connectivity index (χ2n) is 8.75. The van der Waals surface area contributed by atoms with Crippen LogP contribution in [0.2, 0.25) is 0 Å². The van der Waals surface area contributed by atoms with Crippen LogP contribution in [-0.2, 0) is 16.1 Å². The van der Waals surface area contributed by atoms with E-state index < -0.39 is 0 Å². The van der Waals surface area contributed by atoms with Crippen molar-refractivity contribution >= 4 is 11.8 Å². The predicted octanol–water partition coefficient (Wildman–Crippen LogP) is 3.05. The summed E-state index contributed by atoms with van der Waals surface area (Å²) in [5, 5.41) is 3.11. The molecule has 0 aliphatic carbocycles. The van der Waals surface area contributed by atoms with Gasteiger partial charge in [0.2, 0.25) is 11.8 Å². The lowest BCUT2D eigenvalue weighted by Crippen LogP contribution is -2.51. The van der Waals surface area contributed by atoms with E-state index in [2.05, 4.69) is 24.1 Å². The zero-order valence-corrected chi connectivity index (χ0v) is 17.4. The maximum atomic E-state index is 12.7. The summed E-state index contributed by atoms with van der Waals surface area (Å²) in [6.45, 7) is 8.45. The molecule has 2 aliphatic rings. The van der Waals surface area contributed by atoms with Crippen LogP contribution >= 0.6 is 0 Å². The lowest BCUT2D eigenvalue weighted by atomic mass is 9.93. The van der Waals surface area contributed by atoms with Crippen molar-refractivity contribution in [3.63, 3.8) is 0 Å². The van der Waals surface area contributed by atoms with E-state index in [9.17, 15) is 9.59 Å². The number of hydrogen-bond donors (Lipinski definition) is 1. The molecular formula is C23H35N3O2. The van der Waals surface area contributed by atoms with Gasteiger partial charge in [-0.3, -0.25) is 14.5 Å². The Morgan fingerprint density at radius 3 is 2.46 bits per heavy atom. The average molecular weight is 386 g/mol. The van der Waals surface area contributed by atoms with Crippen LogP contribution in [0.3, 0.4) is 0 Å². The fourth-order valence-electron chi connectivity index (χ4n) is 4.44. The van der Waals surface area contributed by atoms with Crippen LogP contribution in [0.4, 0.5) is 0 Å². The first-order valence-electron chi connectivity index (χ1n) is 10.9. The molecule has 2 saturated heterocycles. The number of nitrogens with one attached hydrogen (secondary N) is 1. The van der Waals surface area contributed by atoms with Crippen LogP contribution < -0.4 is 5.32 Å². The molecule has 0 bridgehead atoms. The Kier molecular flexibility index (Phi) is 7.49. The molecule has 2 aliphatic heterocycles. The molecule has 0 saturated carbocycles. The zero-order valence-electron chi connectivity index (χ0n) is 17.4. The zero-order chi connectivity index (χ0) is 19.9. The average Bonchev–Trinajstić information content (AvgIpc) is 2.72. The Labute approximate surface area is 169 Å². The summed E-state index contributed by atoms with van der Waals surface area (Å²) in [6.07, 6.45) is 4.77. The van der Waals surface area contributed by atoms with Crippen molar-refractivity contribution in [2.45, 2.75) is 58.5 Å². The highest BCUT2D eigenvalue weighted by atomic mass is 16.2. The van der Waals surface area contributed by atoms with E-state index in [0.717, 1.165) is 57.4 Å². The number of carbonyl (C=O) groups is 2. The number of benzene rings is 1. The van der Waals surface area contributed by atoms with Gasteiger partial charge in [0.25, 0.3) is 0 Å². The lowest BCUT2D eigenvalue weighted by molar-refractivity contribution is -0.133. The standard InChI is InChI=1S/C23H35N3O2/c1-18(2)15-22(27)25-13-10-21(11-14-25)26-12-6-9-20(17-26)23(28)24-16-19-7-4-3-5-8-19/h3-5,7-8,18,20-21H,6,9-17H2,1-2H3,(H,24,28)/t20-/m0/s1. The lowest BCUT2D eigenvalue weighted by Gasteiger charge is -2.42. The largest absolute Gasteiger partial charge is 0.352 e. The number of hydrogen-bond acceptors (Lipinski definition) is 3. The van der Waals surface area contributed by atoms with E-state index in [0.29, 0.717) is 30.8 Å². The van der Waals surface area contributed by atoms with E-state index in [1.54, 1.807) is 0 Å². The SMILES string of the molecule is CC(C)CC(=O)N1CCC(N2CCC[C@H](C(=O)NCc3ccccc3)C2)CC1. The number of rotatable bonds is 6. The van der Waals surface area contributed by atoms with Gasteiger partial charge in [0.05, 0.1) is 5.92 Å². The van der Waals surface area contributed by atoms with Crippen molar-refractivity contribution in [1.82, 2.24) is 15.1 Å². The number of piperidine rings is 2. The van der Waals surface area contributed by atoms with Gasteiger partial charge in [-0.25, -0.2) is 0 Å². The monoisotopic (exact) mass is 385 g/mol. The number of amides is 2. The highest BCUT2D eigenvalue weighted by Crippen LogP contribution is 2.24. The number of nitrogens with zero attached hydrogens (tertiary/aromatic N) is 2. The van der Waals surface area contributed by atoms with Gasteiger partial charge in [0, 0.05) is 38.6 Å². The molecule has 1 N–H and O–H groups in total. The molecule has 2 fully saturated rings. The molecule has 28 heavy (non-hydrogen) atoms. The first-order valence-corrected chi connectivity index (χ1v) is 10.9. The molecule has 1 atom stereocenters. The topological polar surface area (TPSA) is 52.7 Å². The normalized spacial score (nSPS) is 21.7. The Bertz CT molecular complexity index is 639. The molecule has 2 amide bonds. The van der Waals surface area contributed by atoms with Crippen LogP contribution in [0.5, 0.6) is 0 Å². The van der Waals surface area contributed by atoms with E-state index in [1.165, 1.54) is 0 Å². The molecule has 0 aromatic heterocycles. The van der Waals surface area contributed by atoms with Crippen molar-refractivity contribution in [1.29, 1.82) is 0 Å². The third kappa shape index (κ3) is 5.81. The van der Waals surface area contributed by atoms with Crippen LogP contribution in [0.25, 0.3) is 0 Å². The van der Waals surface area contributed by atoms with Gasteiger partial charge in [-0.2, -0.15) is 0 Å². The number of carbonyl (C=O) groups excluding carboxylic acids is 2. The molecule has 0 unspecified atom stereocenters. The smallest absolute Gasteiger partial charge is 0.224 e. The molecule has 1 aromatic rings. The molecule has 0 radical (unpaired) electrons. The van der Waals surface area contributed by atoms with Gasteiger partial charge < -0.3 is 10.2 Å². The quantitative estimate of drug-likeness (QED) is 0.819. The minimum absolute atomic E-state index is 0.0815. The van der Waals surface area contributed by atoms with Gasteiger partial charge in [-0.15, -0.1) is 0 Å².